The lowest BCUT2D eigenvalue weighted by Crippen LogP contribution is -1.99. The molecule has 0 radical (unpaired) electrons. The Labute approximate surface area is 99.0 Å². The fourth-order valence-corrected chi connectivity index (χ4v) is 0.977. The fraction of sp³-hybridized carbons (Fsp3) is 0.538. The fourth-order valence-electron chi connectivity index (χ4n) is 0.977. The van der Waals surface area contributed by atoms with Gasteiger partial charge in [0.25, 0.3) is 0 Å². The Hall–Kier alpha value is -1.38. The number of hydrogen-bond acceptors (Lipinski definition) is 3. The van der Waals surface area contributed by atoms with Crippen molar-refractivity contribution in [2.75, 3.05) is 5.32 Å². The van der Waals surface area contributed by atoms with Crippen molar-refractivity contribution >= 4 is 5.82 Å². The number of aryl methyl sites for hydroxylation is 1. The Balaban J connectivity index is 0.00000106. The molecule has 0 aliphatic heterocycles. The van der Waals surface area contributed by atoms with Gasteiger partial charge in [-0.05, 0) is 27.2 Å². The highest BCUT2D eigenvalue weighted by atomic mass is 15.0. The summed E-state index contributed by atoms with van der Waals surface area (Å²) in [7, 11) is 0. The summed E-state index contributed by atoms with van der Waals surface area (Å²) in [5.41, 5.74) is 3.43. The maximum absolute atomic E-state index is 4.18. The summed E-state index contributed by atoms with van der Waals surface area (Å²) < 4.78 is 0. The van der Waals surface area contributed by atoms with Crippen molar-refractivity contribution in [3.63, 3.8) is 0 Å². The van der Waals surface area contributed by atoms with E-state index in [0.717, 1.165) is 23.5 Å². The van der Waals surface area contributed by atoms with Gasteiger partial charge in [0, 0.05) is 17.5 Å². The molecule has 90 valence electrons. The van der Waals surface area contributed by atoms with E-state index in [2.05, 4.69) is 29.1 Å². The van der Waals surface area contributed by atoms with Crippen LogP contribution in [0.3, 0.4) is 0 Å². The zero-order chi connectivity index (χ0) is 12.6. The molecule has 0 unspecified atom stereocenters. The van der Waals surface area contributed by atoms with Gasteiger partial charge in [0.05, 0.1) is 0 Å². The maximum Gasteiger partial charge on any atom is 0.136 e. The average Bonchev–Trinajstić information content (AvgIpc) is 2.33. The number of rotatable bonds is 3. The zero-order valence-electron chi connectivity index (χ0n) is 11.3. The Morgan fingerprint density at radius 3 is 2.50 bits per heavy atom. The number of hydrogen-bond donors (Lipinski definition) is 1. The molecule has 1 aromatic rings. The second-order valence-electron chi connectivity index (χ2n) is 3.42. The van der Waals surface area contributed by atoms with Crippen LogP contribution >= 0.6 is 0 Å². The van der Waals surface area contributed by atoms with Crippen molar-refractivity contribution in [1.82, 2.24) is 9.97 Å². The third-order valence-electron chi connectivity index (χ3n) is 2.35. The van der Waals surface area contributed by atoms with Gasteiger partial charge in [-0.3, -0.25) is 0 Å². The van der Waals surface area contributed by atoms with Crippen LogP contribution in [0.25, 0.3) is 0 Å². The summed E-state index contributed by atoms with van der Waals surface area (Å²) >= 11 is 0. The van der Waals surface area contributed by atoms with Gasteiger partial charge in [0.15, 0.2) is 0 Å². The van der Waals surface area contributed by atoms with Gasteiger partial charge in [-0.25, -0.2) is 9.97 Å². The largest absolute Gasteiger partial charge is 0.346 e. The van der Waals surface area contributed by atoms with E-state index in [1.807, 2.05) is 33.9 Å². The zero-order valence-corrected chi connectivity index (χ0v) is 11.3. The van der Waals surface area contributed by atoms with Gasteiger partial charge in [0.2, 0.25) is 0 Å². The Morgan fingerprint density at radius 2 is 1.94 bits per heavy atom. The van der Waals surface area contributed by atoms with Gasteiger partial charge in [-0.1, -0.05) is 26.3 Å². The predicted octanol–water partition coefficient (Wildman–Crippen LogP) is 3.85. The van der Waals surface area contributed by atoms with E-state index >= 15 is 0 Å². The van der Waals surface area contributed by atoms with Crippen LogP contribution in [0.15, 0.2) is 18.1 Å². The van der Waals surface area contributed by atoms with E-state index < -0.39 is 0 Å². The normalized spacial score (nSPS) is 10.5. The van der Waals surface area contributed by atoms with Crippen molar-refractivity contribution in [3.05, 3.63) is 29.4 Å². The number of nitrogens with one attached hydrogen (secondary N) is 1. The van der Waals surface area contributed by atoms with Crippen molar-refractivity contribution in [1.29, 1.82) is 0 Å². The number of aromatic nitrogens is 2. The molecule has 3 heteroatoms. The first-order chi connectivity index (χ1) is 7.65. The van der Waals surface area contributed by atoms with E-state index in [-0.39, 0.29) is 0 Å². The minimum Gasteiger partial charge on any atom is -0.346 e. The smallest absolute Gasteiger partial charge is 0.136 e. The lowest BCUT2D eigenvalue weighted by molar-refractivity contribution is 1.05. The first kappa shape index (κ1) is 14.6. The van der Waals surface area contributed by atoms with Crippen LogP contribution < -0.4 is 5.32 Å². The second kappa shape index (κ2) is 7.85. The second-order valence-corrected chi connectivity index (χ2v) is 3.42. The molecule has 0 aromatic carbocycles. The molecule has 0 spiro atoms. The molecule has 0 aliphatic carbocycles. The van der Waals surface area contributed by atoms with Crippen LogP contribution in [-0.2, 0) is 0 Å². The van der Waals surface area contributed by atoms with E-state index in [0.29, 0.717) is 0 Å². The average molecular weight is 221 g/mol. The van der Waals surface area contributed by atoms with Crippen LogP contribution in [0.4, 0.5) is 5.82 Å². The molecule has 1 aromatic heterocycles. The van der Waals surface area contributed by atoms with Crippen LogP contribution in [0.2, 0.25) is 0 Å². The van der Waals surface area contributed by atoms with Gasteiger partial charge >= 0.3 is 0 Å². The van der Waals surface area contributed by atoms with Gasteiger partial charge in [0.1, 0.15) is 12.1 Å². The lowest BCUT2D eigenvalue weighted by atomic mass is 10.2. The monoisotopic (exact) mass is 221 g/mol. The highest BCUT2D eigenvalue weighted by Gasteiger charge is 2.00. The number of nitrogens with zero attached hydrogens (tertiary/aromatic N) is 2. The summed E-state index contributed by atoms with van der Waals surface area (Å²) in [6, 6.07) is 0. The van der Waals surface area contributed by atoms with Crippen molar-refractivity contribution in [3.8, 4) is 0 Å². The highest BCUT2D eigenvalue weighted by Crippen LogP contribution is 2.13. The predicted molar refractivity (Wildman–Crippen MR) is 70.5 cm³/mol. The van der Waals surface area contributed by atoms with Crippen LogP contribution in [0.5, 0.6) is 0 Å². The van der Waals surface area contributed by atoms with Gasteiger partial charge in [-0.2, -0.15) is 0 Å². The third kappa shape index (κ3) is 4.43. The minimum absolute atomic E-state index is 0.894. The molecule has 0 atom stereocenters. The summed E-state index contributed by atoms with van der Waals surface area (Å²) in [5, 5.41) is 3.19. The van der Waals surface area contributed by atoms with Crippen molar-refractivity contribution < 1.29 is 0 Å². The van der Waals surface area contributed by atoms with Gasteiger partial charge < -0.3 is 5.32 Å². The Bertz CT molecular complexity index is 343. The standard InChI is InChI=1S/C11H17N3.C2H6/c1-5-8(2)6-12-11-9(3)10(4)13-7-14-11;1-2/h6-7H,5H2,1-4H3,(H,12,13,14);1-2H3/b8-6+;. The summed E-state index contributed by atoms with van der Waals surface area (Å²) in [5.74, 6) is 0.894. The van der Waals surface area contributed by atoms with E-state index in [9.17, 15) is 0 Å². The molecule has 1 N–H and O–H groups in total. The van der Waals surface area contributed by atoms with Crippen LogP contribution in [0.1, 0.15) is 45.4 Å². The molecule has 1 rings (SSSR count). The molecule has 0 bridgehead atoms. The Kier molecular flexibility index (Phi) is 7.18. The van der Waals surface area contributed by atoms with Crippen LogP contribution in [0, 0.1) is 13.8 Å². The quantitative estimate of drug-likeness (QED) is 0.842. The molecule has 16 heavy (non-hydrogen) atoms. The van der Waals surface area contributed by atoms with Crippen LogP contribution in [-0.4, -0.2) is 9.97 Å². The molecule has 3 nitrogen and oxygen atoms in total. The molecule has 1 heterocycles. The summed E-state index contributed by atoms with van der Waals surface area (Å²) in [6.45, 7) is 12.2. The topological polar surface area (TPSA) is 37.8 Å². The number of allylic oxidation sites excluding steroid dienone is 1. The van der Waals surface area contributed by atoms with E-state index in [4.69, 9.17) is 0 Å². The van der Waals surface area contributed by atoms with Gasteiger partial charge in [-0.15, -0.1) is 0 Å². The highest BCUT2D eigenvalue weighted by molar-refractivity contribution is 5.46. The SMILES string of the molecule is CC.CC/C(C)=C/Nc1ncnc(C)c1C. The first-order valence-corrected chi connectivity index (χ1v) is 5.85. The maximum atomic E-state index is 4.18. The summed E-state index contributed by atoms with van der Waals surface area (Å²) in [4.78, 5) is 8.29. The lowest BCUT2D eigenvalue weighted by Gasteiger charge is -2.06. The third-order valence-corrected chi connectivity index (χ3v) is 2.35. The minimum atomic E-state index is 0.894. The molecule has 0 fully saturated rings. The molecular formula is C13H23N3. The summed E-state index contributed by atoms with van der Waals surface area (Å²) in [6.07, 6.45) is 4.63. The molecule has 0 aliphatic rings. The van der Waals surface area contributed by atoms with Crippen molar-refractivity contribution in [2.24, 2.45) is 0 Å². The van der Waals surface area contributed by atoms with E-state index in [1.165, 1.54) is 5.57 Å². The first-order valence-electron chi connectivity index (χ1n) is 5.85. The molecular weight excluding hydrogens is 198 g/mol. The molecule has 0 amide bonds. The molecule has 0 saturated carbocycles. The van der Waals surface area contributed by atoms with E-state index in [1.54, 1.807) is 6.33 Å². The Morgan fingerprint density at radius 1 is 1.31 bits per heavy atom. The van der Waals surface area contributed by atoms with Crippen molar-refractivity contribution in [2.45, 2.75) is 48.0 Å². The number of anilines is 1. The molecule has 0 saturated heterocycles.